The number of hydrogen-bond acceptors (Lipinski definition) is 2. The largest absolute Gasteiger partial charge is 0.393 e. The van der Waals surface area contributed by atoms with E-state index in [0.717, 1.165) is 32.4 Å². The molecule has 0 aromatic heterocycles. The Hall–Kier alpha value is -1.09. The van der Waals surface area contributed by atoms with E-state index in [4.69, 9.17) is 18.0 Å². The Kier molecular flexibility index (Phi) is 5.98. The van der Waals surface area contributed by atoms with Crippen molar-refractivity contribution in [1.82, 2.24) is 0 Å². The fraction of sp³-hybridized carbons (Fsp3) is 0.500. The van der Waals surface area contributed by atoms with Crippen LogP contribution in [0.5, 0.6) is 0 Å². The number of para-hydroxylation sites is 1. The van der Waals surface area contributed by atoms with Gasteiger partial charge in [0.05, 0.1) is 4.99 Å². The van der Waals surface area contributed by atoms with Crippen LogP contribution in [0.15, 0.2) is 24.3 Å². The molecule has 2 nitrogen and oxygen atoms in total. The van der Waals surface area contributed by atoms with E-state index in [1.165, 1.54) is 11.3 Å². The lowest BCUT2D eigenvalue weighted by Gasteiger charge is -2.24. The van der Waals surface area contributed by atoms with Gasteiger partial charge in [0.25, 0.3) is 0 Å². The molecule has 0 amide bonds. The molecule has 0 aliphatic rings. The van der Waals surface area contributed by atoms with Crippen LogP contribution in [0.1, 0.15) is 31.7 Å². The van der Waals surface area contributed by atoms with E-state index in [0.29, 0.717) is 4.99 Å². The summed E-state index contributed by atoms with van der Waals surface area (Å²) in [5.41, 5.74) is 8.17. The maximum atomic E-state index is 5.49. The molecule has 0 saturated carbocycles. The SMILES string of the molecule is CCN(CCCCC(N)=S)c1ccccc1C. The van der Waals surface area contributed by atoms with Gasteiger partial charge < -0.3 is 10.6 Å². The first-order valence-corrected chi connectivity index (χ1v) is 6.65. The molecule has 0 aliphatic carbocycles. The van der Waals surface area contributed by atoms with Crippen molar-refractivity contribution in [1.29, 1.82) is 0 Å². The van der Waals surface area contributed by atoms with E-state index in [-0.39, 0.29) is 0 Å². The number of unbranched alkanes of at least 4 members (excludes halogenated alkanes) is 1. The standard InChI is InChI=1S/C14H22N2S/c1-3-16(11-7-6-10-14(15)17)13-9-5-4-8-12(13)2/h4-5,8-9H,3,6-7,10-11H2,1-2H3,(H2,15,17). The Balaban J connectivity index is 2.49. The van der Waals surface area contributed by atoms with E-state index < -0.39 is 0 Å². The van der Waals surface area contributed by atoms with Gasteiger partial charge >= 0.3 is 0 Å². The number of nitrogens with zero attached hydrogens (tertiary/aromatic N) is 1. The summed E-state index contributed by atoms with van der Waals surface area (Å²) >= 11 is 4.88. The summed E-state index contributed by atoms with van der Waals surface area (Å²) in [6.45, 7) is 6.47. The topological polar surface area (TPSA) is 29.3 Å². The third kappa shape index (κ3) is 4.73. The highest BCUT2D eigenvalue weighted by Gasteiger charge is 2.05. The summed E-state index contributed by atoms with van der Waals surface area (Å²) in [6, 6.07) is 8.53. The molecular formula is C14H22N2S. The minimum atomic E-state index is 0.629. The van der Waals surface area contributed by atoms with Crippen LogP contribution < -0.4 is 10.6 Å². The van der Waals surface area contributed by atoms with Crippen molar-refractivity contribution in [2.45, 2.75) is 33.1 Å². The third-order valence-electron chi connectivity index (χ3n) is 2.94. The Morgan fingerprint density at radius 3 is 2.59 bits per heavy atom. The number of benzene rings is 1. The zero-order valence-corrected chi connectivity index (χ0v) is 11.6. The summed E-state index contributed by atoms with van der Waals surface area (Å²) in [7, 11) is 0. The summed E-state index contributed by atoms with van der Waals surface area (Å²) in [5.74, 6) is 0. The molecule has 0 heterocycles. The quantitative estimate of drug-likeness (QED) is 0.595. The number of hydrogen-bond donors (Lipinski definition) is 1. The molecule has 0 bridgehead atoms. The molecule has 0 radical (unpaired) electrons. The van der Waals surface area contributed by atoms with Crippen molar-refractivity contribution in [2.75, 3.05) is 18.0 Å². The molecule has 1 aromatic carbocycles. The highest BCUT2D eigenvalue weighted by molar-refractivity contribution is 7.80. The van der Waals surface area contributed by atoms with Crippen molar-refractivity contribution >= 4 is 22.9 Å². The molecule has 0 atom stereocenters. The third-order valence-corrected chi connectivity index (χ3v) is 3.14. The average Bonchev–Trinajstić information content (AvgIpc) is 2.30. The Labute approximate surface area is 110 Å². The summed E-state index contributed by atoms with van der Waals surface area (Å²) in [5, 5.41) is 0. The van der Waals surface area contributed by atoms with Gasteiger partial charge in [0.2, 0.25) is 0 Å². The zero-order valence-electron chi connectivity index (χ0n) is 10.8. The van der Waals surface area contributed by atoms with Crippen LogP contribution in [-0.2, 0) is 0 Å². The fourth-order valence-electron chi connectivity index (χ4n) is 1.97. The lowest BCUT2D eigenvalue weighted by atomic mass is 10.1. The number of nitrogens with two attached hydrogens (primary N) is 1. The molecule has 0 aliphatic heterocycles. The number of rotatable bonds is 7. The second-order valence-electron chi connectivity index (χ2n) is 4.29. The lowest BCUT2D eigenvalue weighted by Crippen LogP contribution is -2.24. The molecule has 1 aromatic rings. The van der Waals surface area contributed by atoms with Crippen LogP contribution in [0, 0.1) is 6.92 Å². The van der Waals surface area contributed by atoms with Crippen LogP contribution in [0.2, 0.25) is 0 Å². The van der Waals surface area contributed by atoms with Crippen molar-refractivity contribution in [3.8, 4) is 0 Å². The number of anilines is 1. The van der Waals surface area contributed by atoms with Crippen LogP contribution in [0.4, 0.5) is 5.69 Å². The van der Waals surface area contributed by atoms with E-state index in [1.807, 2.05) is 0 Å². The minimum Gasteiger partial charge on any atom is -0.393 e. The van der Waals surface area contributed by atoms with E-state index >= 15 is 0 Å². The molecule has 0 fully saturated rings. The molecule has 0 saturated heterocycles. The Morgan fingerprint density at radius 1 is 1.29 bits per heavy atom. The average molecular weight is 250 g/mol. The highest BCUT2D eigenvalue weighted by Crippen LogP contribution is 2.19. The van der Waals surface area contributed by atoms with Crippen LogP contribution in [-0.4, -0.2) is 18.1 Å². The maximum Gasteiger partial charge on any atom is 0.0727 e. The maximum absolute atomic E-state index is 5.49. The van der Waals surface area contributed by atoms with Crippen molar-refractivity contribution < 1.29 is 0 Å². The predicted molar refractivity (Wildman–Crippen MR) is 79.7 cm³/mol. The first kappa shape index (κ1) is 14.0. The Morgan fingerprint density at radius 2 is 2.00 bits per heavy atom. The second-order valence-corrected chi connectivity index (χ2v) is 4.81. The molecular weight excluding hydrogens is 228 g/mol. The van der Waals surface area contributed by atoms with Crippen molar-refractivity contribution in [2.24, 2.45) is 5.73 Å². The number of thiocarbonyl (C=S) groups is 1. The van der Waals surface area contributed by atoms with Crippen LogP contribution in [0.3, 0.4) is 0 Å². The van der Waals surface area contributed by atoms with Crippen molar-refractivity contribution in [3.05, 3.63) is 29.8 Å². The normalized spacial score (nSPS) is 10.2. The monoisotopic (exact) mass is 250 g/mol. The molecule has 94 valence electrons. The predicted octanol–water partition coefficient (Wildman–Crippen LogP) is 3.28. The van der Waals surface area contributed by atoms with Gasteiger partial charge in [0, 0.05) is 18.8 Å². The molecule has 0 unspecified atom stereocenters. The van der Waals surface area contributed by atoms with Gasteiger partial charge in [-0.2, -0.15) is 0 Å². The van der Waals surface area contributed by atoms with Crippen molar-refractivity contribution in [3.63, 3.8) is 0 Å². The fourth-order valence-corrected chi connectivity index (χ4v) is 2.11. The molecule has 0 spiro atoms. The Bertz CT molecular complexity index is 363. The highest BCUT2D eigenvalue weighted by atomic mass is 32.1. The van der Waals surface area contributed by atoms with Gasteiger partial charge in [-0.3, -0.25) is 0 Å². The van der Waals surface area contributed by atoms with Gasteiger partial charge in [-0.25, -0.2) is 0 Å². The smallest absolute Gasteiger partial charge is 0.0727 e. The summed E-state index contributed by atoms with van der Waals surface area (Å²) < 4.78 is 0. The van der Waals surface area contributed by atoms with Crippen LogP contribution >= 0.6 is 12.2 Å². The van der Waals surface area contributed by atoms with Gasteiger partial charge in [0.1, 0.15) is 0 Å². The summed E-state index contributed by atoms with van der Waals surface area (Å²) in [4.78, 5) is 3.04. The van der Waals surface area contributed by atoms with E-state index in [2.05, 4.69) is 43.0 Å². The van der Waals surface area contributed by atoms with E-state index in [1.54, 1.807) is 0 Å². The molecule has 1 rings (SSSR count). The zero-order chi connectivity index (χ0) is 12.7. The first-order chi connectivity index (χ1) is 8.15. The number of aryl methyl sites for hydroxylation is 1. The van der Waals surface area contributed by atoms with Crippen LogP contribution in [0.25, 0.3) is 0 Å². The first-order valence-electron chi connectivity index (χ1n) is 6.24. The second kappa shape index (κ2) is 7.28. The van der Waals surface area contributed by atoms with Gasteiger partial charge in [0.15, 0.2) is 0 Å². The lowest BCUT2D eigenvalue weighted by molar-refractivity contribution is 0.713. The van der Waals surface area contributed by atoms with E-state index in [9.17, 15) is 0 Å². The molecule has 3 heteroatoms. The summed E-state index contributed by atoms with van der Waals surface area (Å²) in [6.07, 6.45) is 3.08. The minimum absolute atomic E-state index is 0.629. The van der Waals surface area contributed by atoms with Gasteiger partial charge in [-0.1, -0.05) is 30.4 Å². The molecule has 17 heavy (non-hydrogen) atoms. The molecule has 2 N–H and O–H groups in total. The van der Waals surface area contributed by atoms with Gasteiger partial charge in [-0.05, 0) is 44.7 Å². The van der Waals surface area contributed by atoms with Gasteiger partial charge in [-0.15, -0.1) is 0 Å².